The smallest absolute Gasteiger partial charge is 0.311 e. The van der Waals surface area contributed by atoms with Gasteiger partial charge in [-0.15, -0.1) is 0 Å². The molecular formula is C14H16N4O4. The van der Waals surface area contributed by atoms with Crippen LogP contribution in [-0.4, -0.2) is 32.3 Å². The molecule has 1 aromatic heterocycles. The van der Waals surface area contributed by atoms with Crippen LogP contribution < -0.4 is 5.32 Å². The van der Waals surface area contributed by atoms with E-state index in [1.165, 1.54) is 12.1 Å². The number of phenols is 1. The fourth-order valence-corrected chi connectivity index (χ4v) is 2.06. The second kappa shape index (κ2) is 6.25. The summed E-state index contributed by atoms with van der Waals surface area (Å²) in [6, 6.07) is 3.84. The van der Waals surface area contributed by atoms with Crippen LogP contribution in [-0.2, 0) is 13.5 Å². The third kappa shape index (κ3) is 3.05. The van der Waals surface area contributed by atoms with Gasteiger partial charge >= 0.3 is 5.69 Å². The molecule has 0 bridgehead atoms. The van der Waals surface area contributed by atoms with Crippen LogP contribution in [0, 0.1) is 17.0 Å². The monoisotopic (exact) mass is 304 g/mol. The van der Waals surface area contributed by atoms with Crippen LogP contribution in [0.5, 0.6) is 5.75 Å². The van der Waals surface area contributed by atoms with Gasteiger partial charge in [-0.25, -0.2) is 0 Å². The van der Waals surface area contributed by atoms with E-state index in [4.69, 9.17) is 0 Å². The van der Waals surface area contributed by atoms with Gasteiger partial charge in [0.1, 0.15) is 0 Å². The van der Waals surface area contributed by atoms with Crippen LogP contribution in [0.15, 0.2) is 24.4 Å². The first-order chi connectivity index (χ1) is 10.4. The van der Waals surface area contributed by atoms with Crippen molar-refractivity contribution in [3.8, 4) is 5.75 Å². The Morgan fingerprint density at radius 1 is 1.50 bits per heavy atom. The van der Waals surface area contributed by atoms with E-state index in [9.17, 15) is 20.0 Å². The van der Waals surface area contributed by atoms with E-state index >= 15 is 0 Å². The summed E-state index contributed by atoms with van der Waals surface area (Å²) in [5.74, 6) is -1.18. The van der Waals surface area contributed by atoms with Gasteiger partial charge < -0.3 is 10.4 Å². The highest BCUT2D eigenvalue weighted by molar-refractivity contribution is 5.98. The predicted octanol–water partition coefficient (Wildman–Crippen LogP) is 1.31. The molecule has 0 aliphatic carbocycles. The standard InChI is InChI=1S/C14H16N4O4/c1-9-10(8-16-17(9)2)6-7-15-14(20)11-4-3-5-12(13(11)19)18(21)22/h3-5,8,19H,6-7H2,1-2H3,(H,15,20). The van der Waals surface area contributed by atoms with Crippen molar-refractivity contribution in [1.29, 1.82) is 0 Å². The fourth-order valence-electron chi connectivity index (χ4n) is 2.06. The van der Waals surface area contributed by atoms with E-state index in [2.05, 4.69) is 10.4 Å². The predicted molar refractivity (Wildman–Crippen MR) is 78.7 cm³/mol. The molecular weight excluding hydrogens is 288 g/mol. The number of aromatic nitrogens is 2. The highest BCUT2D eigenvalue weighted by Gasteiger charge is 2.20. The number of nitro benzene ring substituents is 1. The van der Waals surface area contributed by atoms with Crippen molar-refractivity contribution in [1.82, 2.24) is 15.1 Å². The molecule has 22 heavy (non-hydrogen) atoms. The van der Waals surface area contributed by atoms with Gasteiger partial charge in [0.25, 0.3) is 5.91 Å². The lowest BCUT2D eigenvalue weighted by Gasteiger charge is -2.07. The molecule has 1 amide bonds. The van der Waals surface area contributed by atoms with E-state index < -0.39 is 22.3 Å². The molecule has 0 saturated heterocycles. The van der Waals surface area contributed by atoms with Crippen molar-refractivity contribution in [2.24, 2.45) is 7.05 Å². The van der Waals surface area contributed by atoms with Gasteiger partial charge in [-0.2, -0.15) is 5.10 Å². The van der Waals surface area contributed by atoms with Crippen LogP contribution in [0.2, 0.25) is 0 Å². The highest BCUT2D eigenvalue weighted by Crippen LogP contribution is 2.28. The number of hydrogen-bond acceptors (Lipinski definition) is 5. The number of carbonyl (C=O) groups excluding carboxylic acids is 1. The molecule has 0 aliphatic rings. The molecule has 0 unspecified atom stereocenters. The average molecular weight is 304 g/mol. The zero-order valence-electron chi connectivity index (χ0n) is 12.2. The van der Waals surface area contributed by atoms with Crippen molar-refractivity contribution >= 4 is 11.6 Å². The molecule has 0 spiro atoms. The number of nitro groups is 1. The molecule has 0 saturated carbocycles. The number of amides is 1. The van der Waals surface area contributed by atoms with Crippen molar-refractivity contribution in [2.75, 3.05) is 6.54 Å². The van der Waals surface area contributed by atoms with E-state index in [1.54, 1.807) is 10.9 Å². The molecule has 0 radical (unpaired) electrons. The Bertz CT molecular complexity index is 724. The normalized spacial score (nSPS) is 10.5. The number of benzene rings is 1. The first kappa shape index (κ1) is 15.5. The molecule has 2 N–H and O–H groups in total. The molecule has 8 heteroatoms. The Labute approximate surface area is 126 Å². The SMILES string of the molecule is Cc1c(CCNC(=O)c2cccc([N+](=O)[O-])c2O)cnn1C. The lowest BCUT2D eigenvalue weighted by atomic mass is 10.1. The maximum absolute atomic E-state index is 12.0. The summed E-state index contributed by atoms with van der Waals surface area (Å²) in [5.41, 5.74) is 1.41. The summed E-state index contributed by atoms with van der Waals surface area (Å²) in [6.45, 7) is 2.27. The summed E-state index contributed by atoms with van der Waals surface area (Å²) < 4.78 is 1.74. The van der Waals surface area contributed by atoms with Crippen LogP contribution in [0.3, 0.4) is 0 Å². The molecule has 2 rings (SSSR count). The van der Waals surface area contributed by atoms with Crippen molar-refractivity contribution in [3.05, 3.63) is 51.3 Å². The number of nitrogens with one attached hydrogen (secondary N) is 1. The third-order valence-corrected chi connectivity index (χ3v) is 3.47. The third-order valence-electron chi connectivity index (χ3n) is 3.47. The summed E-state index contributed by atoms with van der Waals surface area (Å²) >= 11 is 0. The number of hydrogen-bond donors (Lipinski definition) is 2. The maximum atomic E-state index is 12.0. The maximum Gasteiger partial charge on any atom is 0.311 e. The Kier molecular flexibility index (Phi) is 4.40. The lowest BCUT2D eigenvalue weighted by Crippen LogP contribution is -2.26. The summed E-state index contributed by atoms with van der Waals surface area (Å²) in [7, 11) is 1.83. The van der Waals surface area contributed by atoms with Gasteiger partial charge in [0.2, 0.25) is 5.75 Å². The Morgan fingerprint density at radius 3 is 2.82 bits per heavy atom. The Hall–Kier alpha value is -2.90. The minimum Gasteiger partial charge on any atom is -0.502 e. The number of carbonyl (C=O) groups is 1. The van der Waals surface area contributed by atoms with Gasteiger partial charge in [-0.05, 0) is 25.0 Å². The highest BCUT2D eigenvalue weighted by atomic mass is 16.6. The van der Waals surface area contributed by atoms with E-state index in [0.29, 0.717) is 13.0 Å². The van der Waals surface area contributed by atoms with Crippen LogP contribution in [0.25, 0.3) is 0 Å². The Morgan fingerprint density at radius 2 is 2.23 bits per heavy atom. The number of para-hydroxylation sites is 1. The quantitative estimate of drug-likeness (QED) is 0.639. The van der Waals surface area contributed by atoms with E-state index in [1.807, 2.05) is 14.0 Å². The number of rotatable bonds is 5. The summed E-state index contributed by atoms with van der Waals surface area (Å²) in [5, 5.41) is 27.3. The van der Waals surface area contributed by atoms with E-state index in [-0.39, 0.29) is 5.56 Å². The van der Waals surface area contributed by atoms with Crippen molar-refractivity contribution in [2.45, 2.75) is 13.3 Å². The minimum absolute atomic E-state index is 0.114. The average Bonchev–Trinajstić information content (AvgIpc) is 2.79. The largest absolute Gasteiger partial charge is 0.502 e. The molecule has 0 atom stereocenters. The lowest BCUT2D eigenvalue weighted by molar-refractivity contribution is -0.385. The number of aryl methyl sites for hydroxylation is 1. The van der Waals surface area contributed by atoms with Gasteiger partial charge in [0.05, 0.1) is 16.7 Å². The van der Waals surface area contributed by atoms with Gasteiger partial charge in [0, 0.05) is 25.4 Å². The molecule has 8 nitrogen and oxygen atoms in total. The summed E-state index contributed by atoms with van der Waals surface area (Å²) in [6.07, 6.45) is 2.31. The molecule has 1 aromatic carbocycles. The Balaban J connectivity index is 2.03. The molecule has 2 aromatic rings. The topological polar surface area (TPSA) is 110 Å². The second-order valence-corrected chi connectivity index (χ2v) is 4.82. The van der Waals surface area contributed by atoms with Gasteiger partial charge in [0.15, 0.2) is 0 Å². The second-order valence-electron chi connectivity index (χ2n) is 4.82. The fraction of sp³-hybridized carbons (Fsp3) is 0.286. The van der Waals surface area contributed by atoms with Gasteiger partial charge in [-0.1, -0.05) is 6.07 Å². The molecule has 0 fully saturated rings. The number of phenolic OH excluding ortho intramolecular Hbond substituents is 1. The van der Waals surface area contributed by atoms with Crippen molar-refractivity contribution < 1.29 is 14.8 Å². The zero-order chi connectivity index (χ0) is 16.3. The molecule has 0 aliphatic heterocycles. The summed E-state index contributed by atoms with van der Waals surface area (Å²) in [4.78, 5) is 22.0. The number of aromatic hydroxyl groups is 1. The van der Waals surface area contributed by atoms with Crippen molar-refractivity contribution in [3.63, 3.8) is 0 Å². The zero-order valence-corrected chi connectivity index (χ0v) is 12.2. The first-order valence-electron chi connectivity index (χ1n) is 6.64. The molecule has 116 valence electrons. The minimum atomic E-state index is -0.731. The molecule has 1 heterocycles. The first-order valence-corrected chi connectivity index (χ1v) is 6.64. The van der Waals surface area contributed by atoms with Gasteiger partial charge in [-0.3, -0.25) is 19.6 Å². The van der Waals surface area contributed by atoms with Crippen LogP contribution in [0.1, 0.15) is 21.6 Å². The van der Waals surface area contributed by atoms with Crippen LogP contribution >= 0.6 is 0 Å². The van der Waals surface area contributed by atoms with Crippen LogP contribution in [0.4, 0.5) is 5.69 Å². The number of nitrogens with zero attached hydrogens (tertiary/aromatic N) is 3. The van der Waals surface area contributed by atoms with E-state index in [0.717, 1.165) is 17.3 Å².